The summed E-state index contributed by atoms with van der Waals surface area (Å²) in [5.41, 5.74) is 6.55. The van der Waals surface area contributed by atoms with E-state index in [9.17, 15) is 0 Å². The third-order valence-corrected chi connectivity index (χ3v) is 2.94. The van der Waals surface area contributed by atoms with E-state index in [4.69, 9.17) is 15.7 Å². The first kappa shape index (κ1) is 11.4. The summed E-state index contributed by atoms with van der Waals surface area (Å²) in [5, 5.41) is 8.89. The van der Waals surface area contributed by atoms with Gasteiger partial charge < -0.3 is 10.5 Å². The van der Waals surface area contributed by atoms with Crippen molar-refractivity contribution in [3.05, 3.63) is 46.7 Å². The molecule has 1 aromatic carbocycles. The topological polar surface area (TPSA) is 71.9 Å². The van der Waals surface area contributed by atoms with Crippen LogP contribution in [-0.2, 0) is 0 Å². The Bertz CT molecular complexity index is 593. The standard InChI is InChI=1S/C12H8BrN3O/c13-12-8(15)3-1-4-11(12)17-10-5-2-6-16-9(10)7-14/h1-6H,15H2. The smallest absolute Gasteiger partial charge is 0.183 e. The van der Waals surface area contributed by atoms with Gasteiger partial charge in [-0.2, -0.15) is 5.26 Å². The number of pyridine rings is 1. The second-order valence-electron chi connectivity index (χ2n) is 3.22. The lowest BCUT2D eigenvalue weighted by Crippen LogP contribution is -1.93. The van der Waals surface area contributed by atoms with E-state index in [0.29, 0.717) is 21.7 Å². The molecule has 0 saturated carbocycles. The molecule has 1 heterocycles. The van der Waals surface area contributed by atoms with Crippen molar-refractivity contribution in [1.29, 1.82) is 5.26 Å². The summed E-state index contributed by atoms with van der Waals surface area (Å²) < 4.78 is 6.26. The van der Waals surface area contributed by atoms with E-state index < -0.39 is 0 Å². The van der Waals surface area contributed by atoms with Crippen molar-refractivity contribution in [2.75, 3.05) is 5.73 Å². The molecule has 0 spiro atoms. The summed E-state index contributed by atoms with van der Waals surface area (Å²) in [6, 6.07) is 10.6. The number of halogens is 1. The highest BCUT2D eigenvalue weighted by Gasteiger charge is 2.09. The summed E-state index contributed by atoms with van der Waals surface area (Å²) in [6.07, 6.45) is 1.54. The fourth-order valence-electron chi connectivity index (χ4n) is 1.28. The van der Waals surface area contributed by atoms with Crippen LogP contribution in [0.4, 0.5) is 5.69 Å². The third-order valence-electron chi connectivity index (χ3n) is 2.09. The summed E-state index contributed by atoms with van der Waals surface area (Å²) in [4.78, 5) is 3.91. The van der Waals surface area contributed by atoms with Crippen LogP contribution in [0.15, 0.2) is 41.0 Å². The zero-order valence-corrected chi connectivity index (χ0v) is 10.3. The highest BCUT2D eigenvalue weighted by atomic mass is 79.9. The molecule has 0 aliphatic heterocycles. The van der Waals surface area contributed by atoms with Crippen LogP contribution < -0.4 is 10.5 Å². The molecule has 0 radical (unpaired) electrons. The molecule has 5 heteroatoms. The largest absolute Gasteiger partial charge is 0.453 e. The number of anilines is 1. The first-order valence-corrected chi connectivity index (χ1v) is 5.58. The highest BCUT2D eigenvalue weighted by molar-refractivity contribution is 9.10. The van der Waals surface area contributed by atoms with Crippen LogP contribution in [0.3, 0.4) is 0 Å². The molecule has 0 fully saturated rings. The van der Waals surface area contributed by atoms with E-state index in [-0.39, 0.29) is 5.69 Å². The molecule has 17 heavy (non-hydrogen) atoms. The quantitative estimate of drug-likeness (QED) is 0.863. The van der Waals surface area contributed by atoms with Gasteiger partial charge in [0.05, 0.1) is 4.47 Å². The highest BCUT2D eigenvalue weighted by Crippen LogP contribution is 2.34. The van der Waals surface area contributed by atoms with Crippen LogP contribution in [0.1, 0.15) is 5.69 Å². The molecular formula is C12H8BrN3O. The molecule has 2 aromatic rings. The maximum absolute atomic E-state index is 8.89. The predicted octanol–water partition coefficient (Wildman–Crippen LogP) is 3.09. The first-order valence-electron chi connectivity index (χ1n) is 4.79. The number of aromatic nitrogens is 1. The molecule has 0 bridgehead atoms. The van der Waals surface area contributed by atoms with Gasteiger partial charge in [-0.3, -0.25) is 0 Å². The molecular weight excluding hydrogens is 282 g/mol. The number of hydrogen-bond donors (Lipinski definition) is 1. The zero-order valence-electron chi connectivity index (χ0n) is 8.72. The van der Waals surface area contributed by atoms with Crippen molar-refractivity contribution in [3.8, 4) is 17.6 Å². The lowest BCUT2D eigenvalue weighted by atomic mass is 10.3. The van der Waals surface area contributed by atoms with Gasteiger partial charge >= 0.3 is 0 Å². The van der Waals surface area contributed by atoms with E-state index in [1.807, 2.05) is 6.07 Å². The number of rotatable bonds is 2. The summed E-state index contributed by atoms with van der Waals surface area (Å²) in [5.74, 6) is 0.954. The number of nitrogen functional groups attached to an aromatic ring is 1. The van der Waals surface area contributed by atoms with Crippen LogP contribution in [-0.4, -0.2) is 4.98 Å². The Morgan fingerprint density at radius 1 is 1.24 bits per heavy atom. The molecule has 2 N–H and O–H groups in total. The minimum Gasteiger partial charge on any atom is -0.453 e. The van der Waals surface area contributed by atoms with Gasteiger partial charge in [0.25, 0.3) is 0 Å². The second kappa shape index (κ2) is 4.85. The maximum Gasteiger partial charge on any atom is 0.183 e. The number of hydrogen-bond acceptors (Lipinski definition) is 4. The summed E-state index contributed by atoms with van der Waals surface area (Å²) in [7, 11) is 0. The van der Waals surface area contributed by atoms with Crippen LogP contribution in [0.5, 0.6) is 11.5 Å². The lowest BCUT2D eigenvalue weighted by molar-refractivity contribution is 0.476. The lowest BCUT2D eigenvalue weighted by Gasteiger charge is -2.09. The Morgan fingerprint density at radius 2 is 2.00 bits per heavy atom. The summed E-state index contributed by atoms with van der Waals surface area (Å²) >= 11 is 3.33. The van der Waals surface area contributed by atoms with Crippen molar-refractivity contribution in [2.24, 2.45) is 0 Å². The van der Waals surface area contributed by atoms with Gasteiger partial charge in [0.15, 0.2) is 11.4 Å². The number of benzene rings is 1. The Hall–Kier alpha value is -2.06. The molecule has 0 atom stereocenters. The molecule has 1 aromatic heterocycles. The van der Waals surface area contributed by atoms with Crippen LogP contribution in [0.2, 0.25) is 0 Å². The first-order chi connectivity index (χ1) is 8.22. The normalized spacial score (nSPS) is 9.65. The van der Waals surface area contributed by atoms with Crippen molar-refractivity contribution >= 4 is 21.6 Å². The maximum atomic E-state index is 8.89. The van der Waals surface area contributed by atoms with E-state index >= 15 is 0 Å². The van der Waals surface area contributed by atoms with Crippen molar-refractivity contribution in [1.82, 2.24) is 4.98 Å². The van der Waals surface area contributed by atoms with Gasteiger partial charge in [0.1, 0.15) is 11.8 Å². The molecule has 4 nitrogen and oxygen atoms in total. The molecule has 84 valence electrons. The average Bonchev–Trinajstić information content (AvgIpc) is 2.35. The minimum absolute atomic E-state index is 0.238. The fourth-order valence-corrected chi connectivity index (χ4v) is 1.63. The second-order valence-corrected chi connectivity index (χ2v) is 4.02. The Kier molecular flexibility index (Phi) is 3.26. The van der Waals surface area contributed by atoms with Gasteiger partial charge in [0, 0.05) is 11.9 Å². The van der Waals surface area contributed by atoms with E-state index in [1.54, 1.807) is 36.5 Å². The molecule has 2 rings (SSSR count). The Balaban J connectivity index is 2.39. The van der Waals surface area contributed by atoms with Crippen molar-refractivity contribution < 1.29 is 4.74 Å². The number of ether oxygens (including phenoxy) is 1. The van der Waals surface area contributed by atoms with Crippen LogP contribution >= 0.6 is 15.9 Å². The predicted molar refractivity (Wildman–Crippen MR) is 67.6 cm³/mol. The fraction of sp³-hybridized carbons (Fsp3) is 0. The number of nitriles is 1. The molecule has 0 amide bonds. The zero-order chi connectivity index (χ0) is 12.3. The SMILES string of the molecule is N#Cc1ncccc1Oc1cccc(N)c1Br. The van der Waals surface area contributed by atoms with Gasteiger partial charge in [-0.15, -0.1) is 0 Å². The van der Waals surface area contributed by atoms with Crippen LogP contribution in [0, 0.1) is 11.3 Å². The van der Waals surface area contributed by atoms with Gasteiger partial charge in [-0.25, -0.2) is 4.98 Å². The molecule has 0 aliphatic carbocycles. The third kappa shape index (κ3) is 2.37. The summed E-state index contributed by atoms with van der Waals surface area (Å²) in [6.45, 7) is 0. The minimum atomic E-state index is 0.238. The van der Waals surface area contributed by atoms with Gasteiger partial charge in [0.2, 0.25) is 0 Å². The van der Waals surface area contributed by atoms with Gasteiger partial charge in [-0.05, 0) is 40.2 Å². The molecule has 0 aliphatic rings. The van der Waals surface area contributed by atoms with Crippen molar-refractivity contribution in [2.45, 2.75) is 0 Å². The van der Waals surface area contributed by atoms with E-state index in [1.165, 1.54) is 0 Å². The number of nitrogens with zero attached hydrogens (tertiary/aromatic N) is 2. The van der Waals surface area contributed by atoms with E-state index in [2.05, 4.69) is 20.9 Å². The van der Waals surface area contributed by atoms with Crippen molar-refractivity contribution in [3.63, 3.8) is 0 Å². The molecule has 0 saturated heterocycles. The van der Waals surface area contributed by atoms with Crippen LogP contribution in [0.25, 0.3) is 0 Å². The average molecular weight is 290 g/mol. The van der Waals surface area contributed by atoms with E-state index in [0.717, 1.165) is 0 Å². The van der Waals surface area contributed by atoms with Gasteiger partial charge in [-0.1, -0.05) is 6.07 Å². The number of nitrogens with two attached hydrogens (primary N) is 1. The monoisotopic (exact) mass is 289 g/mol. The Labute approximate surface area is 107 Å². The Morgan fingerprint density at radius 3 is 2.76 bits per heavy atom. The molecule has 0 unspecified atom stereocenters.